The smallest absolute Gasteiger partial charge is 0.223 e. The number of halogens is 1. The third-order valence-electron chi connectivity index (χ3n) is 4.28. The summed E-state index contributed by atoms with van der Waals surface area (Å²) in [7, 11) is -7.95. The monoisotopic (exact) mass is 463 g/mol. The fraction of sp³-hybridized carbons (Fsp3) is 0.0500. The Bertz CT molecular complexity index is 1440. The normalized spacial score (nSPS) is 12.3. The first-order valence-corrected chi connectivity index (χ1v) is 12.9. The van der Waals surface area contributed by atoms with Crippen molar-refractivity contribution in [2.24, 2.45) is 0 Å². The first-order valence-electron chi connectivity index (χ1n) is 8.37. The van der Waals surface area contributed by atoms with E-state index >= 15 is 0 Å². The Balaban J connectivity index is 1.92. The Morgan fingerprint density at radius 3 is 2.17 bits per heavy atom. The summed E-state index contributed by atoms with van der Waals surface area (Å²) in [6, 6.07) is 18.8. The van der Waals surface area contributed by atoms with E-state index < -0.39 is 24.7 Å². The second-order valence-corrected chi connectivity index (χ2v) is 11.9. The third kappa shape index (κ3) is 3.81. The van der Waals surface area contributed by atoms with E-state index in [4.69, 9.17) is 11.6 Å². The van der Waals surface area contributed by atoms with Gasteiger partial charge in [-0.15, -0.1) is 11.3 Å². The molecule has 9 heteroatoms. The van der Waals surface area contributed by atoms with E-state index in [2.05, 4.69) is 4.98 Å². The quantitative estimate of drug-likeness (QED) is 0.432. The summed E-state index contributed by atoms with van der Waals surface area (Å²) >= 11 is 6.69. The molecule has 29 heavy (non-hydrogen) atoms. The Kier molecular flexibility index (Phi) is 4.98. The molecule has 0 aliphatic carbocycles. The molecule has 0 unspecified atom stereocenters. The van der Waals surface area contributed by atoms with Gasteiger partial charge in [0.05, 0.1) is 4.90 Å². The van der Waals surface area contributed by atoms with Gasteiger partial charge in [0.25, 0.3) is 0 Å². The maximum absolute atomic E-state index is 13.1. The summed E-state index contributed by atoms with van der Waals surface area (Å²) in [4.78, 5) is 4.18. The van der Waals surface area contributed by atoms with Gasteiger partial charge in [-0.25, -0.2) is 21.8 Å². The third-order valence-corrected chi connectivity index (χ3v) is 9.41. The first-order chi connectivity index (χ1) is 13.7. The minimum atomic E-state index is -4.14. The number of fused-ring (bicyclic) bond motifs is 1. The average molecular weight is 464 g/mol. The van der Waals surface area contributed by atoms with Gasteiger partial charge in [-0.2, -0.15) is 0 Å². The van der Waals surface area contributed by atoms with Crippen LogP contribution in [0.3, 0.4) is 0 Å². The van der Waals surface area contributed by atoms with Crippen molar-refractivity contribution in [3.63, 3.8) is 0 Å². The second kappa shape index (κ2) is 7.21. The Morgan fingerprint density at radius 2 is 1.52 bits per heavy atom. The zero-order chi connectivity index (χ0) is 20.8. The molecule has 0 radical (unpaired) electrons. The Hall–Kier alpha value is -2.26. The highest BCUT2D eigenvalue weighted by atomic mass is 35.5. The first kappa shape index (κ1) is 20.0. The summed E-state index contributed by atoms with van der Waals surface area (Å²) in [6.07, 6.45) is 0.978. The van der Waals surface area contributed by atoms with E-state index in [1.54, 1.807) is 6.07 Å². The van der Waals surface area contributed by atoms with E-state index in [0.717, 1.165) is 28.4 Å². The fourth-order valence-corrected chi connectivity index (χ4v) is 7.33. The van der Waals surface area contributed by atoms with Gasteiger partial charge >= 0.3 is 0 Å². The van der Waals surface area contributed by atoms with Crippen molar-refractivity contribution < 1.29 is 16.8 Å². The highest BCUT2D eigenvalue weighted by Crippen LogP contribution is 2.37. The molecule has 0 atom stereocenters. The van der Waals surface area contributed by atoms with E-state index in [-0.39, 0.29) is 9.10 Å². The van der Waals surface area contributed by atoms with Crippen LogP contribution in [-0.2, 0) is 19.7 Å². The minimum absolute atomic E-state index is 0.0674. The van der Waals surface area contributed by atoms with Gasteiger partial charge in [-0.1, -0.05) is 48.0 Å². The zero-order valence-electron chi connectivity index (χ0n) is 15.0. The highest BCUT2D eigenvalue weighted by Gasteiger charge is 2.31. The summed E-state index contributed by atoms with van der Waals surface area (Å²) in [5.41, 5.74) is 0.649. The van der Waals surface area contributed by atoms with Gasteiger partial charge in [0, 0.05) is 16.8 Å². The molecule has 4 rings (SSSR count). The van der Waals surface area contributed by atoms with Gasteiger partial charge in [0.2, 0.25) is 9.84 Å². The van der Waals surface area contributed by atoms with E-state index in [1.807, 2.05) is 36.4 Å². The van der Waals surface area contributed by atoms with Crippen LogP contribution in [0.2, 0.25) is 5.02 Å². The van der Waals surface area contributed by atoms with Crippen LogP contribution < -0.4 is 0 Å². The van der Waals surface area contributed by atoms with Crippen LogP contribution in [0.1, 0.15) is 0 Å². The molecule has 5 nitrogen and oxygen atoms in total. The molecule has 0 bridgehead atoms. The number of aromatic nitrogens is 1. The molecule has 0 amide bonds. The summed E-state index contributed by atoms with van der Waals surface area (Å²) in [5.74, 6) is 0. The molecular formula is C20H14ClNO4S3. The number of rotatable bonds is 4. The molecule has 1 aromatic heterocycles. The number of hydrogen-bond acceptors (Lipinski definition) is 6. The molecule has 0 aliphatic rings. The second-order valence-electron chi connectivity index (χ2n) is 6.40. The van der Waals surface area contributed by atoms with Crippen molar-refractivity contribution in [3.05, 3.63) is 71.8 Å². The van der Waals surface area contributed by atoms with Crippen LogP contribution in [0.4, 0.5) is 0 Å². The number of nitrogens with zero attached hydrogens (tertiary/aromatic N) is 1. The number of sulfone groups is 2. The maximum Gasteiger partial charge on any atom is 0.226 e. The molecule has 0 spiro atoms. The molecule has 0 saturated carbocycles. The SMILES string of the molecule is CS(=O)(=O)c1sc(-c2ccc3ccccc3c2)nc1S(=O)(=O)c1ccc(Cl)cc1. The molecule has 0 fully saturated rings. The van der Waals surface area contributed by atoms with Gasteiger partial charge < -0.3 is 0 Å². The van der Waals surface area contributed by atoms with Crippen molar-refractivity contribution in [2.75, 3.05) is 6.26 Å². The maximum atomic E-state index is 13.1. The summed E-state index contributed by atoms with van der Waals surface area (Å²) in [6.45, 7) is 0. The Labute approximate surface area is 177 Å². The van der Waals surface area contributed by atoms with Crippen molar-refractivity contribution in [2.45, 2.75) is 14.1 Å². The lowest BCUT2D eigenvalue weighted by Gasteiger charge is -2.03. The standard InChI is InChI=1S/C20H14ClNO4S3/c1-28(23,24)20-19(29(25,26)17-10-8-16(21)9-11-17)22-18(27-20)15-7-6-13-4-2-3-5-14(13)12-15/h2-12H,1H3. The van der Waals surface area contributed by atoms with Crippen LogP contribution in [-0.4, -0.2) is 28.1 Å². The lowest BCUT2D eigenvalue weighted by Crippen LogP contribution is -2.08. The lowest BCUT2D eigenvalue weighted by atomic mass is 10.1. The number of hydrogen-bond donors (Lipinski definition) is 0. The minimum Gasteiger partial charge on any atom is -0.223 e. The topological polar surface area (TPSA) is 81.2 Å². The van der Waals surface area contributed by atoms with Crippen molar-refractivity contribution in [1.29, 1.82) is 0 Å². The Morgan fingerprint density at radius 1 is 0.862 bits per heavy atom. The number of benzene rings is 3. The van der Waals surface area contributed by atoms with Crippen molar-refractivity contribution in [1.82, 2.24) is 4.98 Å². The molecule has 0 aliphatic heterocycles. The molecule has 1 heterocycles. The van der Waals surface area contributed by atoms with Crippen LogP contribution in [0, 0.1) is 0 Å². The van der Waals surface area contributed by atoms with Gasteiger partial charge in [-0.3, -0.25) is 0 Å². The fourth-order valence-electron chi connectivity index (χ4n) is 2.87. The average Bonchev–Trinajstić information content (AvgIpc) is 3.15. The van der Waals surface area contributed by atoms with Gasteiger partial charge in [-0.05, 0) is 41.1 Å². The van der Waals surface area contributed by atoms with Crippen LogP contribution in [0.25, 0.3) is 21.3 Å². The predicted molar refractivity (Wildman–Crippen MR) is 115 cm³/mol. The van der Waals surface area contributed by atoms with Crippen LogP contribution >= 0.6 is 22.9 Å². The zero-order valence-corrected chi connectivity index (χ0v) is 18.2. The molecule has 0 N–H and O–H groups in total. The molecular weight excluding hydrogens is 450 g/mol. The van der Waals surface area contributed by atoms with Crippen molar-refractivity contribution in [3.8, 4) is 10.6 Å². The molecule has 3 aromatic carbocycles. The van der Waals surface area contributed by atoms with Crippen LogP contribution in [0.5, 0.6) is 0 Å². The van der Waals surface area contributed by atoms with Crippen molar-refractivity contribution >= 4 is 53.4 Å². The summed E-state index contributed by atoms with van der Waals surface area (Å²) < 4.78 is 50.6. The lowest BCUT2D eigenvalue weighted by molar-refractivity contribution is 0.584. The number of thiazole rings is 1. The molecule has 148 valence electrons. The largest absolute Gasteiger partial charge is 0.226 e. The predicted octanol–water partition coefficient (Wildman–Crippen LogP) is 4.85. The van der Waals surface area contributed by atoms with Gasteiger partial charge in [0.1, 0.15) is 5.01 Å². The van der Waals surface area contributed by atoms with Crippen LogP contribution in [0.15, 0.2) is 80.9 Å². The van der Waals surface area contributed by atoms with E-state index in [0.29, 0.717) is 15.6 Å². The summed E-state index contributed by atoms with van der Waals surface area (Å²) in [5, 5.41) is 2.20. The molecule has 4 aromatic rings. The van der Waals surface area contributed by atoms with Gasteiger partial charge in [0.15, 0.2) is 19.1 Å². The van der Waals surface area contributed by atoms with E-state index in [1.165, 1.54) is 24.3 Å². The molecule has 0 saturated heterocycles. The highest BCUT2D eigenvalue weighted by molar-refractivity contribution is 7.95. The van der Waals surface area contributed by atoms with E-state index in [9.17, 15) is 16.8 Å².